The predicted molar refractivity (Wildman–Crippen MR) is 146 cm³/mol. The van der Waals surface area contributed by atoms with Crippen LogP contribution in [0.1, 0.15) is 68.4 Å². The van der Waals surface area contributed by atoms with Crippen LogP contribution in [0, 0.1) is 0 Å². The van der Waals surface area contributed by atoms with Gasteiger partial charge in [-0.15, -0.1) is 0 Å². The number of carbonyl (C=O) groups excluding carboxylic acids is 2. The first-order valence-electron chi connectivity index (χ1n) is 12.5. The zero-order valence-corrected chi connectivity index (χ0v) is 21.6. The second kappa shape index (κ2) is 12.7. The smallest absolute Gasteiger partial charge is 0.339 e. The molecule has 0 bridgehead atoms. The van der Waals surface area contributed by atoms with E-state index in [-0.39, 0.29) is 18.5 Å². The van der Waals surface area contributed by atoms with Gasteiger partial charge in [-0.1, -0.05) is 86.1 Å². The summed E-state index contributed by atoms with van der Waals surface area (Å²) in [5, 5.41) is 5.92. The molecule has 0 radical (unpaired) electrons. The monoisotopic (exact) mass is 484 g/mol. The number of unbranched alkanes of at least 4 members (excludes halogenated alkanes) is 1. The van der Waals surface area contributed by atoms with Crippen LogP contribution in [0.25, 0.3) is 17.2 Å². The molecule has 0 fully saturated rings. The topological polar surface area (TPSA) is 67.4 Å². The Bertz CT molecular complexity index is 1180. The SMILES string of the molecule is CCCCC(=Cc1ccccc1)NC(=O)NCc1ccc(-c2ccccc2)c(C(=O)OC(C)(C)C)c1. The van der Waals surface area contributed by atoms with Crippen molar-refractivity contribution in [3.05, 3.63) is 101 Å². The number of nitrogens with one attached hydrogen (secondary N) is 2. The molecule has 5 nitrogen and oxygen atoms in total. The lowest BCUT2D eigenvalue weighted by molar-refractivity contribution is 0.00703. The van der Waals surface area contributed by atoms with Gasteiger partial charge >= 0.3 is 12.0 Å². The lowest BCUT2D eigenvalue weighted by Gasteiger charge is -2.21. The Morgan fingerprint density at radius 1 is 0.917 bits per heavy atom. The minimum Gasteiger partial charge on any atom is -0.456 e. The predicted octanol–water partition coefficient (Wildman–Crippen LogP) is 7.34. The van der Waals surface area contributed by atoms with Crippen molar-refractivity contribution in [3.8, 4) is 11.1 Å². The van der Waals surface area contributed by atoms with E-state index in [0.29, 0.717) is 5.56 Å². The number of rotatable bonds is 9. The lowest BCUT2D eigenvalue weighted by Crippen LogP contribution is -2.34. The van der Waals surface area contributed by atoms with Crippen molar-refractivity contribution >= 4 is 18.1 Å². The van der Waals surface area contributed by atoms with Crippen molar-refractivity contribution in [1.29, 1.82) is 0 Å². The van der Waals surface area contributed by atoms with E-state index in [9.17, 15) is 9.59 Å². The first kappa shape index (κ1) is 26.7. The molecule has 3 aromatic rings. The van der Waals surface area contributed by atoms with Crippen molar-refractivity contribution in [2.24, 2.45) is 0 Å². The Morgan fingerprint density at radius 3 is 2.22 bits per heavy atom. The summed E-state index contributed by atoms with van der Waals surface area (Å²) in [6, 6.07) is 25.0. The van der Waals surface area contributed by atoms with E-state index in [2.05, 4.69) is 17.6 Å². The highest BCUT2D eigenvalue weighted by Gasteiger charge is 2.21. The van der Waals surface area contributed by atoms with Crippen LogP contribution in [0.4, 0.5) is 4.79 Å². The molecule has 0 saturated carbocycles. The van der Waals surface area contributed by atoms with Crippen LogP contribution in [-0.2, 0) is 11.3 Å². The molecule has 188 valence electrons. The summed E-state index contributed by atoms with van der Waals surface area (Å²) in [5.74, 6) is -0.389. The average molecular weight is 485 g/mol. The molecule has 0 atom stereocenters. The maximum Gasteiger partial charge on any atom is 0.339 e. The lowest BCUT2D eigenvalue weighted by atomic mass is 9.97. The minimum absolute atomic E-state index is 0.278. The summed E-state index contributed by atoms with van der Waals surface area (Å²) >= 11 is 0. The van der Waals surface area contributed by atoms with Gasteiger partial charge in [-0.25, -0.2) is 9.59 Å². The summed E-state index contributed by atoms with van der Waals surface area (Å²) in [7, 11) is 0. The fourth-order valence-electron chi connectivity index (χ4n) is 3.73. The highest BCUT2D eigenvalue weighted by Crippen LogP contribution is 2.27. The van der Waals surface area contributed by atoms with E-state index in [0.717, 1.165) is 47.2 Å². The number of hydrogen-bond acceptors (Lipinski definition) is 3. The molecule has 0 aliphatic rings. The number of amides is 2. The van der Waals surface area contributed by atoms with Crippen LogP contribution in [0.3, 0.4) is 0 Å². The van der Waals surface area contributed by atoms with E-state index in [1.54, 1.807) is 6.07 Å². The van der Waals surface area contributed by atoms with E-state index in [4.69, 9.17) is 4.74 Å². The summed E-state index contributed by atoms with van der Waals surface area (Å²) in [4.78, 5) is 25.8. The summed E-state index contributed by atoms with van der Waals surface area (Å²) < 4.78 is 5.67. The maximum absolute atomic E-state index is 13.0. The van der Waals surface area contributed by atoms with Gasteiger partial charge in [0.05, 0.1) is 5.56 Å². The fraction of sp³-hybridized carbons (Fsp3) is 0.290. The molecular formula is C31H36N2O3. The number of ether oxygens (including phenoxy) is 1. The van der Waals surface area contributed by atoms with Gasteiger partial charge in [0.2, 0.25) is 0 Å². The van der Waals surface area contributed by atoms with Gasteiger partial charge in [-0.2, -0.15) is 0 Å². The van der Waals surface area contributed by atoms with Crippen LogP contribution in [0.5, 0.6) is 0 Å². The number of hydrogen-bond donors (Lipinski definition) is 2. The van der Waals surface area contributed by atoms with Crippen molar-refractivity contribution in [2.45, 2.75) is 59.1 Å². The fourth-order valence-corrected chi connectivity index (χ4v) is 3.73. The second-order valence-corrected chi connectivity index (χ2v) is 9.74. The molecule has 0 saturated heterocycles. The first-order valence-corrected chi connectivity index (χ1v) is 12.5. The van der Waals surface area contributed by atoms with Crippen molar-refractivity contribution in [1.82, 2.24) is 10.6 Å². The van der Waals surface area contributed by atoms with E-state index in [1.807, 2.05) is 99.6 Å². The standard InChI is InChI=1S/C31H36N2O3/c1-5-6-17-26(20-23-13-9-7-10-14-23)33-30(35)32-22-24-18-19-27(25-15-11-8-12-16-25)28(21-24)29(34)36-31(2,3)4/h7-16,18-21H,5-6,17,22H2,1-4H3,(H2,32,33,35). The quantitative estimate of drug-likeness (QED) is 0.312. The zero-order valence-electron chi connectivity index (χ0n) is 21.6. The first-order chi connectivity index (χ1) is 17.2. The molecule has 3 rings (SSSR count). The van der Waals surface area contributed by atoms with E-state index >= 15 is 0 Å². The molecule has 0 unspecified atom stereocenters. The second-order valence-electron chi connectivity index (χ2n) is 9.74. The van der Waals surface area contributed by atoms with Gasteiger partial charge in [-0.3, -0.25) is 0 Å². The summed E-state index contributed by atoms with van der Waals surface area (Å²) in [6.07, 6.45) is 4.81. The van der Waals surface area contributed by atoms with Crippen LogP contribution < -0.4 is 10.6 Å². The third kappa shape index (κ3) is 8.42. The van der Waals surface area contributed by atoms with Crippen LogP contribution in [0.15, 0.2) is 84.6 Å². The molecule has 5 heteroatoms. The highest BCUT2D eigenvalue weighted by atomic mass is 16.6. The normalized spacial score (nSPS) is 11.6. The molecule has 0 aliphatic carbocycles. The zero-order chi connectivity index (χ0) is 26.0. The van der Waals surface area contributed by atoms with Crippen molar-refractivity contribution in [2.75, 3.05) is 0 Å². The molecule has 3 aromatic carbocycles. The Balaban J connectivity index is 1.75. The maximum atomic E-state index is 13.0. The largest absolute Gasteiger partial charge is 0.456 e. The Hall–Kier alpha value is -3.86. The van der Waals surface area contributed by atoms with Crippen LogP contribution in [0.2, 0.25) is 0 Å². The van der Waals surface area contributed by atoms with Crippen molar-refractivity contribution in [3.63, 3.8) is 0 Å². The molecule has 0 aromatic heterocycles. The van der Waals surface area contributed by atoms with Gasteiger partial charge in [0.25, 0.3) is 0 Å². The molecule has 0 spiro atoms. The van der Waals surface area contributed by atoms with Gasteiger partial charge < -0.3 is 15.4 Å². The number of esters is 1. The average Bonchev–Trinajstić information content (AvgIpc) is 2.86. The molecule has 36 heavy (non-hydrogen) atoms. The number of allylic oxidation sites excluding steroid dienone is 1. The molecular weight excluding hydrogens is 448 g/mol. The van der Waals surface area contributed by atoms with Gasteiger partial charge in [-0.05, 0) is 68.0 Å². The van der Waals surface area contributed by atoms with Crippen LogP contribution >= 0.6 is 0 Å². The van der Waals surface area contributed by atoms with E-state index in [1.165, 1.54) is 0 Å². The molecule has 2 amide bonds. The Morgan fingerprint density at radius 2 is 1.58 bits per heavy atom. The summed E-state index contributed by atoms with van der Waals surface area (Å²) in [6.45, 7) is 7.95. The molecule has 0 aliphatic heterocycles. The number of benzene rings is 3. The van der Waals surface area contributed by atoms with Crippen molar-refractivity contribution < 1.29 is 14.3 Å². The number of carbonyl (C=O) groups is 2. The highest BCUT2D eigenvalue weighted by molar-refractivity contribution is 5.97. The van der Waals surface area contributed by atoms with Gasteiger partial charge in [0.1, 0.15) is 5.60 Å². The van der Waals surface area contributed by atoms with Crippen LogP contribution in [-0.4, -0.2) is 17.6 Å². The van der Waals surface area contributed by atoms with Gasteiger partial charge in [0, 0.05) is 12.2 Å². The molecule has 0 heterocycles. The third-order valence-corrected chi connectivity index (χ3v) is 5.45. The minimum atomic E-state index is -0.612. The number of urea groups is 1. The summed E-state index contributed by atoms with van der Waals surface area (Å²) in [5.41, 5.74) is 4.32. The Labute approximate surface area is 214 Å². The Kier molecular flexibility index (Phi) is 9.46. The van der Waals surface area contributed by atoms with E-state index < -0.39 is 5.60 Å². The third-order valence-electron chi connectivity index (χ3n) is 5.45. The van der Waals surface area contributed by atoms with Gasteiger partial charge in [0.15, 0.2) is 0 Å². The molecule has 2 N–H and O–H groups in total.